The molecule has 0 radical (unpaired) electrons. The molecule has 112 valence electrons. The molecule has 2 aromatic carbocycles. The Morgan fingerprint density at radius 3 is 2.24 bits per heavy atom. The molecule has 0 saturated heterocycles. The summed E-state index contributed by atoms with van der Waals surface area (Å²) >= 11 is 9.80. The van der Waals surface area contributed by atoms with Gasteiger partial charge in [-0.05, 0) is 47.4 Å². The van der Waals surface area contributed by atoms with Gasteiger partial charge in [0.15, 0.2) is 0 Å². The van der Waals surface area contributed by atoms with Crippen LogP contribution >= 0.6 is 27.5 Å². The van der Waals surface area contributed by atoms with E-state index in [0.29, 0.717) is 5.92 Å². The van der Waals surface area contributed by atoms with Crippen LogP contribution in [0.3, 0.4) is 0 Å². The summed E-state index contributed by atoms with van der Waals surface area (Å²) in [5, 5.41) is 4.30. The Bertz CT molecular complexity index is 593. The van der Waals surface area contributed by atoms with E-state index in [2.05, 4.69) is 66.3 Å². The summed E-state index contributed by atoms with van der Waals surface area (Å²) in [6.07, 6.45) is 0. The molecule has 1 nitrogen and oxygen atoms in total. The van der Waals surface area contributed by atoms with Crippen molar-refractivity contribution in [3.05, 3.63) is 68.7 Å². The van der Waals surface area contributed by atoms with E-state index in [1.807, 2.05) is 18.2 Å². The first kappa shape index (κ1) is 16.5. The molecule has 0 bridgehead atoms. The van der Waals surface area contributed by atoms with E-state index >= 15 is 0 Å². The Balaban J connectivity index is 2.40. The van der Waals surface area contributed by atoms with Gasteiger partial charge in [0.1, 0.15) is 0 Å². The number of hydrogen-bond donors (Lipinski definition) is 1. The van der Waals surface area contributed by atoms with Crippen molar-refractivity contribution < 1.29 is 0 Å². The van der Waals surface area contributed by atoms with Crippen molar-refractivity contribution in [2.24, 2.45) is 0 Å². The molecule has 0 aliphatic rings. The summed E-state index contributed by atoms with van der Waals surface area (Å²) in [6, 6.07) is 14.9. The van der Waals surface area contributed by atoms with Crippen molar-refractivity contribution in [1.29, 1.82) is 0 Å². The quantitative estimate of drug-likeness (QED) is 0.692. The molecule has 21 heavy (non-hydrogen) atoms. The van der Waals surface area contributed by atoms with Crippen molar-refractivity contribution in [1.82, 2.24) is 5.32 Å². The Hall–Kier alpha value is -0.830. The van der Waals surface area contributed by atoms with Crippen LogP contribution in [0.2, 0.25) is 5.02 Å². The molecule has 2 aromatic rings. The number of halogens is 2. The molecule has 2 rings (SSSR count). The van der Waals surface area contributed by atoms with Gasteiger partial charge in [-0.25, -0.2) is 0 Å². The SMILES string of the molecule is CCNC(c1ccc(C(C)C)cc1)c1cc(Cl)ccc1Br. The normalized spacial score (nSPS) is 12.7. The second-order valence-corrected chi connectivity index (χ2v) is 6.77. The lowest BCUT2D eigenvalue weighted by Crippen LogP contribution is -2.22. The predicted molar refractivity (Wildman–Crippen MR) is 95.2 cm³/mol. The second-order valence-electron chi connectivity index (χ2n) is 5.48. The van der Waals surface area contributed by atoms with Crippen molar-refractivity contribution in [3.63, 3.8) is 0 Å². The van der Waals surface area contributed by atoms with Crippen molar-refractivity contribution in [2.75, 3.05) is 6.54 Å². The molecular weight excluding hydrogens is 346 g/mol. The highest BCUT2D eigenvalue weighted by molar-refractivity contribution is 9.10. The zero-order valence-electron chi connectivity index (χ0n) is 12.7. The van der Waals surface area contributed by atoms with E-state index in [1.165, 1.54) is 16.7 Å². The average molecular weight is 367 g/mol. The van der Waals surface area contributed by atoms with Crippen LogP contribution in [0.25, 0.3) is 0 Å². The molecule has 0 aromatic heterocycles. The van der Waals surface area contributed by atoms with E-state index < -0.39 is 0 Å². The molecule has 0 saturated carbocycles. The molecule has 1 unspecified atom stereocenters. The van der Waals surface area contributed by atoms with Crippen LogP contribution in [0, 0.1) is 0 Å². The zero-order valence-corrected chi connectivity index (χ0v) is 15.0. The summed E-state index contributed by atoms with van der Waals surface area (Å²) in [5.41, 5.74) is 3.78. The second kappa shape index (κ2) is 7.44. The lowest BCUT2D eigenvalue weighted by Gasteiger charge is -2.21. The predicted octanol–water partition coefficient (Wildman–Crippen LogP) is 5.92. The minimum absolute atomic E-state index is 0.143. The highest BCUT2D eigenvalue weighted by Crippen LogP contribution is 2.31. The third-order valence-corrected chi connectivity index (χ3v) is 4.57. The fraction of sp³-hybridized carbons (Fsp3) is 0.333. The fourth-order valence-electron chi connectivity index (χ4n) is 2.42. The number of rotatable bonds is 5. The van der Waals surface area contributed by atoms with Gasteiger partial charge in [0, 0.05) is 9.50 Å². The van der Waals surface area contributed by atoms with Gasteiger partial charge in [0.2, 0.25) is 0 Å². The number of benzene rings is 2. The van der Waals surface area contributed by atoms with Crippen LogP contribution in [0.1, 0.15) is 49.4 Å². The molecule has 1 N–H and O–H groups in total. The third kappa shape index (κ3) is 4.09. The molecular formula is C18H21BrClN. The van der Waals surface area contributed by atoms with Gasteiger partial charge >= 0.3 is 0 Å². The van der Waals surface area contributed by atoms with Gasteiger partial charge in [-0.15, -0.1) is 0 Å². The number of nitrogens with one attached hydrogen (secondary N) is 1. The summed E-state index contributed by atoms with van der Waals surface area (Å²) in [4.78, 5) is 0. The van der Waals surface area contributed by atoms with Crippen molar-refractivity contribution in [2.45, 2.75) is 32.7 Å². The average Bonchev–Trinajstić information content (AvgIpc) is 2.48. The smallest absolute Gasteiger partial charge is 0.0588 e. The monoisotopic (exact) mass is 365 g/mol. The standard InChI is InChI=1S/C18H21BrClN/c1-4-21-18(16-11-15(20)9-10-17(16)19)14-7-5-13(6-8-14)12(2)3/h5-12,18,21H,4H2,1-3H3. The van der Waals surface area contributed by atoms with Crippen LogP contribution in [-0.4, -0.2) is 6.54 Å². The summed E-state index contributed by atoms with van der Waals surface area (Å²) in [7, 11) is 0. The van der Waals surface area contributed by atoms with Crippen LogP contribution in [0.4, 0.5) is 0 Å². The van der Waals surface area contributed by atoms with E-state index in [0.717, 1.165) is 16.0 Å². The maximum Gasteiger partial charge on any atom is 0.0588 e. The molecule has 0 spiro atoms. The van der Waals surface area contributed by atoms with Crippen LogP contribution < -0.4 is 5.32 Å². The van der Waals surface area contributed by atoms with E-state index in [1.54, 1.807) is 0 Å². The third-order valence-electron chi connectivity index (χ3n) is 3.61. The highest BCUT2D eigenvalue weighted by Gasteiger charge is 2.16. The fourth-order valence-corrected chi connectivity index (χ4v) is 3.08. The Kier molecular flexibility index (Phi) is 5.86. The summed E-state index contributed by atoms with van der Waals surface area (Å²) in [6.45, 7) is 7.44. The highest BCUT2D eigenvalue weighted by atomic mass is 79.9. The molecule has 0 amide bonds. The molecule has 0 aliphatic heterocycles. The van der Waals surface area contributed by atoms with Crippen molar-refractivity contribution in [3.8, 4) is 0 Å². The van der Waals surface area contributed by atoms with E-state index in [4.69, 9.17) is 11.6 Å². The van der Waals surface area contributed by atoms with Crippen LogP contribution in [0.5, 0.6) is 0 Å². The minimum atomic E-state index is 0.143. The van der Waals surface area contributed by atoms with Gasteiger partial charge in [-0.1, -0.05) is 72.6 Å². The van der Waals surface area contributed by atoms with Crippen LogP contribution in [0.15, 0.2) is 46.9 Å². The lowest BCUT2D eigenvalue weighted by atomic mass is 9.95. The van der Waals surface area contributed by atoms with Gasteiger partial charge < -0.3 is 5.32 Å². The van der Waals surface area contributed by atoms with Crippen LogP contribution in [-0.2, 0) is 0 Å². The molecule has 0 aliphatic carbocycles. The Labute approximate surface area is 140 Å². The Morgan fingerprint density at radius 2 is 1.67 bits per heavy atom. The van der Waals surface area contributed by atoms with Crippen molar-refractivity contribution >= 4 is 27.5 Å². The first-order chi connectivity index (χ1) is 10.0. The van der Waals surface area contributed by atoms with Gasteiger partial charge in [0.25, 0.3) is 0 Å². The topological polar surface area (TPSA) is 12.0 Å². The lowest BCUT2D eigenvalue weighted by molar-refractivity contribution is 0.628. The van der Waals surface area contributed by atoms with Gasteiger partial charge in [-0.3, -0.25) is 0 Å². The zero-order chi connectivity index (χ0) is 15.4. The van der Waals surface area contributed by atoms with Gasteiger partial charge in [0.05, 0.1) is 6.04 Å². The molecule has 1 atom stereocenters. The van der Waals surface area contributed by atoms with E-state index in [9.17, 15) is 0 Å². The Morgan fingerprint density at radius 1 is 1.05 bits per heavy atom. The first-order valence-corrected chi connectivity index (χ1v) is 8.48. The van der Waals surface area contributed by atoms with Gasteiger partial charge in [-0.2, -0.15) is 0 Å². The van der Waals surface area contributed by atoms with E-state index in [-0.39, 0.29) is 6.04 Å². The number of hydrogen-bond acceptors (Lipinski definition) is 1. The molecule has 0 fully saturated rings. The first-order valence-electron chi connectivity index (χ1n) is 7.31. The minimum Gasteiger partial charge on any atom is -0.306 e. The molecule has 3 heteroatoms. The summed E-state index contributed by atoms with van der Waals surface area (Å²) in [5.74, 6) is 0.551. The summed E-state index contributed by atoms with van der Waals surface area (Å²) < 4.78 is 1.07. The maximum absolute atomic E-state index is 6.17. The maximum atomic E-state index is 6.17. The largest absolute Gasteiger partial charge is 0.306 e. The molecule has 0 heterocycles.